The minimum Gasteiger partial charge on any atom is -0.463 e. The Hall–Kier alpha value is -3.94. The van der Waals surface area contributed by atoms with E-state index < -0.39 is 0 Å². The summed E-state index contributed by atoms with van der Waals surface area (Å²) in [5, 5.41) is 10.8. The molecule has 4 rings (SSSR count). The van der Waals surface area contributed by atoms with Crippen LogP contribution in [0.2, 0.25) is 0 Å². The van der Waals surface area contributed by atoms with E-state index in [-0.39, 0.29) is 17.9 Å². The van der Waals surface area contributed by atoms with E-state index in [0.717, 1.165) is 0 Å². The largest absolute Gasteiger partial charge is 0.463 e. The Morgan fingerprint density at radius 1 is 1.10 bits per heavy atom. The minimum atomic E-state index is -0.303. The summed E-state index contributed by atoms with van der Waals surface area (Å²) in [6.07, 6.45) is 3.60. The molecule has 3 heterocycles. The Kier molecular flexibility index (Phi) is 5.53. The van der Waals surface area contributed by atoms with Crippen molar-refractivity contribution in [3.05, 3.63) is 60.5 Å². The van der Waals surface area contributed by atoms with Crippen molar-refractivity contribution in [3.63, 3.8) is 0 Å². The van der Waals surface area contributed by atoms with Crippen LogP contribution in [0.15, 0.2) is 59.3 Å². The summed E-state index contributed by atoms with van der Waals surface area (Å²) in [6.45, 7) is 5.79. The summed E-state index contributed by atoms with van der Waals surface area (Å²) < 4.78 is 7.27. The van der Waals surface area contributed by atoms with Gasteiger partial charge in [0.05, 0.1) is 23.4 Å². The summed E-state index contributed by atoms with van der Waals surface area (Å²) >= 11 is 0. The predicted molar refractivity (Wildman–Crippen MR) is 119 cm³/mol. The first-order valence-corrected chi connectivity index (χ1v) is 10.1. The molecule has 1 aromatic carbocycles. The molecule has 0 aliphatic heterocycles. The number of furan rings is 1. The third-order valence-corrected chi connectivity index (χ3v) is 4.80. The van der Waals surface area contributed by atoms with Gasteiger partial charge in [-0.3, -0.25) is 9.59 Å². The van der Waals surface area contributed by atoms with Crippen LogP contribution in [0.25, 0.3) is 22.5 Å². The highest BCUT2D eigenvalue weighted by Crippen LogP contribution is 2.27. The molecule has 4 aromatic rings. The number of fused-ring (bicyclic) bond motifs is 1. The Balaban J connectivity index is 1.72. The van der Waals surface area contributed by atoms with Crippen LogP contribution in [0.4, 0.5) is 11.4 Å². The molecule has 158 valence electrons. The van der Waals surface area contributed by atoms with Gasteiger partial charge in [0.15, 0.2) is 11.4 Å². The van der Waals surface area contributed by atoms with Crippen molar-refractivity contribution in [2.24, 2.45) is 0 Å². The Labute approximate surface area is 179 Å². The van der Waals surface area contributed by atoms with E-state index in [4.69, 9.17) is 4.42 Å². The molecule has 0 aliphatic carbocycles. The molecule has 0 unspecified atom stereocenters. The third kappa shape index (κ3) is 4.18. The lowest BCUT2D eigenvalue weighted by molar-refractivity contribution is -0.115. The highest BCUT2D eigenvalue weighted by molar-refractivity contribution is 6.12. The lowest BCUT2D eigenvalue weighted by atomic mass is 10.1. The fourth-order valence-electron chi connectivity index (χ4n) is 3.26. The number of nitrogens with one attached hydrogen (secondary N) is 2. The number of amides is 2. The van der Waals surface area contributed by atoms with Crippen molar-refractivity contribution in [2.45, 2.75) is 33.2 Å². The molecule has 2 amide bonds. The highest BCUT2D eigenvalue weighted by atomic mass is 16.3. The van der Waals surface area contributed by atoms with Gasteiger partial charge in [-0.05, 0) is 50.2 Å². The van der Waals surface area contributed by atoms with Crippen molar-refractivity contribution < 1.29 is 14.0 Å². The fourth-order valence-corrected chi connectivity index (χ4v) is 3.26. The minimum absolute atomic E-state index is 0.0756. The molecule has 0 spiro atoms. The van der Waals surface area contributed by atoms with Gasteiger partial charge in [0.25, 0.3) is 5.91 Å². The molecule has 3 aromatic heterocycles. The zero-order valence-electron chi connectivity index (χ0n) is 17.5. The monoisotopic (exact) mass is 417 g/mol. The van der Waals surface area contributed by atoms with Crippen LogP contribution in [-0.4, -0.2) is 26.6 Å². The Bertz CT molecular complexity index is 1240. The Morgan fingerprint density at radius 2 is 1.87 bits per heavy atom. The van der Waals surface area contributed by atoms with Crippen LogP contribution >= 0.6 is 0 Å². The van der Waals surface area contributed by atoms with Crippen molar-refractivity contribution in [2.75, 3.05) is 10.6 Å². The summed E-state index contributed by atoms with van der Waals surface area (Å²) in [5.41, 5.74) is 2.78. The van der Waals surface area contributed by atoms with Gasteiger partial charge >= 0.3 is 0 Å². The van der Waals surface area contributed by atoms with Crippen LogP contribution < -0.4 is 10.6 Å². The van der Waals surface area contributed by atoms with Crippen LogP contribution in [0.3, 0.4) is 0 Å². The molecule has 0 aliphatic rings. The first-order chi connectivity index (χ1) is 15.0. The third-order valence-electron chi connectivity index (χ3n) is 4.80. The van der Waals surface area contributed by atoms with E-state index in [0.29, 0.717) is 45.8 Å². The number of hydrogen-bond acceptors (Lipinski definition) is 5. The maximum absolute atomic E-state index is 13.2. The van der Waals surface area contributed by atoms with Gasteiger partial charge in [-0.25, -0.2) is 9.67 Å². The first-order valence-electron chi connectivity index (χ1n) is 10.1. The maximum Gasteiger partial charge on any atom is 0.256 e. The van der Waals surface area contributed by atoms with Gasteiger partial charge in [0, 0.05) is 23.8 Å². The van der Waals surface area contributed by atoms with Crippen LogP contribution in [0.5, 0.6) is 0 Å². The van der Waals surface area contributed by atoms with Crippen molar-refractivity contribution in [1.29, 1.82) is 0 Å². The van der Waals surface area contributed by atoms with Gasteiger partial charge in [-0.15, -0.1) is 0 Å². The quantitative estimate of drug-likeness (QED) is 0.466. The summed E-state index contributed by atoms with van der Waals surface area (Å²) in [4.78, 5) is 29.6. The molecular weight excluding hydrogens is 394 g/mol. The van der Waals surface area contributed by atoms with E-state index in [1.54, 1.807) is 66.5 Å². The van der Waals surface area contributed by atoms with Crippen LogP contribution in [-0.2, 0) is 4.79 Å². The molecule has 0 atom stereocenters. The number of pyridine rings is 1. The predicted octanol–water partition coefficient (Wildman–Crippen LogP) is 4.87. The molecule has 0 bridgehead atoms. The summed E-state index contributed by atoms with van der Waals surface area (Å²) in [5.74, 6) is 0.169. The van der Waals surface area contributed by atoms with E-state index in [9.17, 15) is 9.59 Å². The van der Waals surface area contributed by atoms with E-state index in [2.05, 4.69) is 20.7 Å². The molecule has 0 fully saturated rings. The standard InChI is InChI=1S/C23H23N5O3/c1-4-21(29)25-15-7-5-8-16(11-15)26-23(30)17-12-19(20-9-6-10-31-20)27-22-18(17)13-24-28(22)14(2)3/h5-14H,4H2,1-3H3,(H,25,29)(H,26,30). The summed E-state index contributed by atoms with van der Waals surface area (Å²) in [7, 11) is 0. The second-order valence-electron chi connectivity index (χ2n) is 7.39. The number of nitrogens with zero attached hydrogens (tertiary/aromatic N) is 3. The second kappa shape index (κ2) is 8.43. The van der Waals surface area contributed by atoms with Crippen LogP contribution in [0.1, 0.15) is 43.6 Å². The SMILES string of the molecule is CCC(=O)Nc1cccc(NC(=O)c2cc(-c3ccco3)nc3c2cnn3C(C)C)c1. The lowest BCUT2D eigenvalue weighted by Crippen LogP contribution is -2.14. The fraction of sp³-hybridized carbons (Fsp3) is 0.217. The number of benzene rings is 1. The van der Waals surface area contributed by atoms with Gasteiger partial charge in [-0.1, -0.05) is 13.0 Å². The molecule has 0 saturated carbocycles. The lowest BCUT2D eigenvalue weighted by Gasteiger charge is -2.11. The van der Waals surface area contributed by atoms with Crippen molar-refractivity contribution >= 4 is 34.2 Å². The van der Waals surface area contributed by atoms with Gasteiger partial charge < -0.3 is 15.1 Å². The number of hydrogen-bond donors (Lipinski definition) is 2. The second-order valence-corrected chi connectivity index (χ2v) is 7.39. The van der Waals surface area contributed by atoms with Crippen molar-refractivity contribution in [3.8, 4) is 11.5 Å². The Morgan fingerprint density at radius 3 is 2.55 bits per heavy atom. The van der Waals surface area contributed by atoms with Crippen molar-refractivity contribution in [1.82, 2.24) is 14.8 Å². The highest BCUT2D eigenvalue weighted by Gasteiger charge is 2.19. The van der Waals surface area contributed by atoms with E-state index >= 15 is 0 Å². The average molecular weight is 417 g/mol. The van der Waals surface area contributed by atoms with E-state index in [1.165, 1.54) is 0 Å². The smallest absolute Gasteiger partial charge is 0.256 e. The van der Waals surface area contributed by atoms with Crippen LogP contribution in [0, 0.1) is 0 Å². The molecule has 31 heavy (non-hydrogen) atoms. The average Bonchev–Trinajstić information content (AvgIpc) is 3.43. The number of carbonyl (C=O) groups excluding carboxylic acids is 2. The molecular formula is C23H23N5O3. The number of carbonyl (C=O) groups is 2. The first kappa shape index (κ1) is 20.3. The van der Waals surface area contributed by atoms with Gasteiger partial charge in [-0.2, -0.15) is 5.10 Å². The molecule has 8 heteroatoms. The normalized spacial score (nSPS) is 11.1. The maximum atomic E-state index is 13.2. The molecule has 0 radical (unpaired) electrons. The number of aromatic nitrogens is 3. The zero-order chi connectivity index (χ0) is 22.0. The van der Waals surface area contributed by atoms with Gasteiger partial charge in [0.1, 0.15) is 5.69 Å². The molecule has 8 nitrogen and oxygen atoms in total. The number of rotatable bonds is 6. The topological polar surface area (TPSA) is 102 Å². The van der Waals surface area contributed by atoms with E-state index in [1.807, 2.05) is 13.8 Å². The summed E-state index contributed by atoms with van der Waals surface area (Å²) in [6, 6.07) is 12.4. The number of anilines is 2. The zero-order valence-corrected chi connectivity index (χ0v) is 17.5. The van der Waals surface area contributed by atoms with Gasteiger partial charge in [0.2, 0.25) is 5.91 Å². The molecule has 0 saturated heterocycles. The molecule has 2 N–H and O–H groups in total.